The maximum atomic E-state index is 12.6. The van der Waals surface area contributed by atoms with Crippen LogP contribution >= 0.6 is 46.7 Å². The standard InChI is InChI=1S/C15H16ClN3OS2.ClH/c16-13-4-3-12(22-13)14-18-11(7-21-14)15(20)19-5-8-1-2-10(17)9(8)6-19;/h3-4,7-10H,1-2,5-6,17H2;1H. The Kier molecular flexibility index (Phi) is 4.99. The predicted octanol–water partition coefficient (Wildman–Crippen LogP) is 3.76. The molecule has 4 nitrogen and oxygen atoms in total. The normalized spacial score (nSPS) is 26.2. The van der Waals surface area contributed by atoms with Crippen LogP contribution in [0.15, 0.2) is 17.5 Å². The van der Waals surface area contributed by atoms with Gasteiger partial charge in [-0.1, -0.05) is 11.6 Å². The first-order valence-electron chi connectivity index (χ1n) is 7.38. The van der Waals surface area contributed by atoms with Crippen molar-refractivity contribution < 1.29 is 4.79 Å². The second-order valence-electron chi connectivity index (χ2n) is 6.02. The number of nitrogens with two attached hydrogens (primary N) is 1. The molecule has 1 saturated heterocycles. The second kappa shape index (κ2) is 6.69. The molecule has 2 aromatic heterocycles. The molecular formula is C15H17Cl2N3OS2. The summed E-state index contributed by atoms with van der Waals surface area (Å²) in [6.07, 6.45) is 2.24. The van der Waals surface area contributed by atoms with Crippen LogP contribution in [0.4, 0.5) is 0 Å². The minimum Gasteiger partial charge on any atom is -0.337 e. The maximum Gasteiger partial charge on any atom is 0.273 e. The van der Waals surface area contributed by atoms with Crippen molar-refractivity contribution in [3.63, 3.8) is 0 Å². The molecule has 2 fully saturated rings. The molecule has 1 aliphatic carbocycles. The van der Waals surface area contributed by atoms with Crippen LogP contribution in [-0.2, 0) is 0 Å². The quantitative estimate of drug-likeness (QED) is 0.850. The smallest absolute Gasteiger partial charge is 0.273 e. The van der Waals surface area contributed by atoms with Gasteiger partial charge in [0.1, 0.15) is 10.7 Å². The van der Waals surface area contributed by atoms with Crippen molar-refractivity contribution in [2.45, 2.75) is 18.9 Å². The van der Waals surface area contributed by atoms with E-state index in [1.807, 2.05) is 22.4 Å². The minimum atomic E-state index is 0. The van der Waals surface area contributed by atoms with Crippen molar-refractivity contribution in [2.24, 2.45) is 17.6 Å². The minimum absolute atomic E-state index is 0. The van der Waals surface area contributed by atoms with E-state index in [-0.39, 0.29) is 24.4 Å². The molecule has 23 heavy (non-hydrogen) atoms. The lowest BCUT2D eigenvalue weighted by Gasteiger charge is -2.17. The van der Waals surface area contributed by atoms with Gasteiger partial charge in [0.05, 0.1) is 9.21 Å². The van der Waals surface area contributed by atoms with E-state index in [0.29, 0.717) is 17.5 Å². The van der Waals surface area contributed by atoms with Crippen molar-refractivity contribution in [1.82, 2.24) is 9.88 Å². The van der Waals surface area contributed by atoms with Gasteiger partial charge >= 0.3 is 0 Å². The fourth-order valence-corrected chi connectivity index (χ4v) is 5.46. The van der Waals surface area contributed by atoms with Crippen molar-refractivity contribution in [2.75, 3.05) is 13.1 Å². The van der Waals surface area contributed by atoms with Gasteiger partial charge in [0, 0.05) is 24.5 Å². The third kappa shape index (κ3) is 3.15. The number of thiophene rings is 1. The Bertz CT molecular complexity index is 717. The number of hydrogen-bond donors (Lipinski definition) is 1. The van der Waals surface area contributed by atoms with Crippen LogP contribution in [-0.4, -0.2) is 34.9 Å². The lowest BCUT2D eigenvalue weighted by atomic mass is 9.98. The fraction of sp³-hybridized carbons (Fsp3) is 0.467. The molecule has 0 spiro atoms. The van der Waals surface area contributed by atoms with Gasteiger partial charge in [0.15, 0.2) is 0 Å². The van der Waals surface area contributed by atoms with Crippen molar-refractivity contribution >= 4 is 52.6 Å². The fourth-order valence-electron chi connectivity index (χ4n) is 3.55. The molecule has 2 aliphatic rings. The molecule has 3 atom stereocenters. The van der Waals surface area contributed by atoms with Gasteiger partial charge in [-0.05, 0) is 36.8 Å². The van der Waals surface area contributed by atoms with Crippen molar-refractivity contribution in [1.29, 1.82) is 0 Å². The molecule has 3 heterocycles. The van der Waals surface area contributed by atoms with Gasteiger partial charge in [-0.25, -0.2) is 4.98 Å². The third-order valence-corrected chi connectivity index (χ3v) is 6.95. The molecule has 8 heteroatoms. The highest BCUT2D eigenvalue weighted by molar-refractivity contribution is 7.23. The highest BCUT2D eigenvalue weighted by atomic mass is 35.5. The zero-order valence-corrected chi connectivity index (χ0v) is 15.5. The maximum absolute atomic E-state index is 12.6. The first-order valence-corrected chi connectivity index (χ1v) is 9.45. The molecule has 1 amide bonds. The largest absolute Gasteiger partial charge is 0.337 e. The summed E-state index contributed by atoms with van der Waals surface area (Å²) in [6.45, 7) is 1.61. The van der Waals surface area contributed by atoms with Gasteiger partial charge in [-0.15, -0.1) is 35.1 Å². The number of amides is 1. The summed E-state index contributed by atoms with van der Waals surface area (Å²) >= 11 is 8.94. The Labute approximate surface area is 154 Å². The van der Waals surface area contributed by atoms with Gasteiger partial charge < -0.3 is 10.6 Å². The summed E-state index contributed by atoms with van der Waals surface area (Å²) in [4.78, 5) is 20.1. The van der Waals surface area contributed by atoms with Crippen molar-refractivity contribution in [3.05, 3.63) is 27.5 Å². The number of hydrogen-bond acceptors (Lipinski definition) is 5. The Morgan fingerprint density at radius 3 is 2.87 bits per heavy atom. The molecule has 0 aromatic carbocycles. The van der Waals surface area contributed by atoms with Crippen LogP contribution in [0.25, 0.3) is 9.88 Å². The number of carbonyl (C=O) groups is 1. The Hall–Kier alpha value is -0.660. The average molecular weight is 390 g/mol. The summed E-state index contributed by atoms with van der Waals surface area (Å²) in [7, 11) is 0. The van der Waals surface area contributed by atoms with E-state index in [9.17, 15) is 4.79 Å². The van der Waals surface area contributed by atoms with Crippen LogP contribution in [0.5, 0.6) is 0 Å². The highest BCUT2D eigenvalue weighted by Crippen LogP contribution is 2.38. The van der Waals surface area contributed by atoms with E-state index in [4.69, 9.17) is 17.3 Å². The average Bonchev–Trinajstić information content (AvgIpc) is 3.23. The van der Waals surface area contributed by atoms with E-state index in [1.165, 1.54) is 22.7 Å². The number of aromatic nitrogens is 1. The van der Waals surface area contributed by atoms with Gasteiger partial charge in [0.25, 0.3) is 5.91 Å². The van der Waals surface area contributed by atoms with Crippen LogP contribution in [0.2, 0.25) is 4.34 Å². The number of fused-ring (bicyclic) bond motifs is 1. The molecule has 0 bridgehead atoms. The first-order chi connectivity index (χ1) is 10.6. The zero-order valence-electron chi connectivity index (χ0n) is 12.3. The van der Waals surface area contributed by atoms with E-state index >= 15 is 0 Å². The van der Waals surface area contributed by atoms with Gasteiger partial charge in [0.2, 0.25) is 0 Å². The SMILES string of the molecule is Cl.NC1CCC2CN(C(=O)c3csc(-c4ccc(Cl)s4)n3)CC12. The topological polar surface area (TPSA) is 59.2 Å². The number of halogens is 2. The second-order valence-corrected chi connectivity index (χ2v) is 8.59. The molecule has 1 saturated carbocycles. The monoisotopic (exact) mass is 389 g/mol. The van der Waals surface area contributed by atoms with E-state index < -0.39 is 0 Å². The summed E-state index contributed by atoms with van der Waals surface area (Å²) in [5.74, 6) is 1.08. The molecule has 3 unspecified atom stereocenters. The lowest BCUT2D eigenvalue weighted by molar-refractivity contribution is 0.0774. The highest BCUT2D eigenvalue weighted by Gasteiger charge is 2.42. The van der Waals surface area contributed by atoms with Crippen LogP contribution in [0.1, 0.15) is 23.3 Å². The van der Waals surface area contributed by atoms with Crippen LogP contribution in [0, 0.1) is 11.8 Å². The Balaban J connectivity index is 0.00000156. The van der Waals surface area contributed by atoms with E-state index in [1.54, 1.807) is 0 Å². The number of likely N-dealkylation sites (tertiary alicyclic amines) is 1. The zero-order chi connectivity index (χ0) is 15.3. The predicted molar refractivity (Wildman–Crippen MR) is 97.8 cm³/mol. The number of carbonyl (C=O) groups excluding carboxylic acids is 1. The first kappa shape index (κ1) is 17.2. The summed E-state index contributed by atoms with van der Waals surface area (Å²) in [6, 6.07) is 4.05. The molecular weight excluding hydrogens is 373 g/mol. The summed E-state index contributed by atoms with van der Waals surface area (Å²) < 4.78 is 0.736. The number of nitrogens with zero attached hydrogens (tertiary/aromatic N) is 2. The molecule has 4 rings (SSSR count). The number of thiazole rings is 1. The molecule has 2 aromatic rings. The Morgan fingerprint density at radius 2 is 2.17 bits per heavy atom. The van der Waals surface area contributed by atoms with E-state index in [2.05, 4.69) is 4.98 Å². The van der Waals surface area contributed by atoms with Crippen LogP contribution < -0.4 is 5.73 Å². The molecule has 1 aliphatic heterocycles. The van der Waals surface area contributed by atoms with Crippen LogP contribution in [0.3, 0.4) is 0 Å². The third-order valence-electron chi connectivity index (χ3n) is 4.71. The summed E-state index contributed by atoms with van der Waals surface area (Å²) in [5.41, 5.74) is 6.68. The van der Waals surface area contributed by atoms with E-state index in [0.717, 1.165) is 40.2 Å². The molecule has 124 valence electrons. The summed E-state index contributed by atoms with van der Waals surface area (Å²) in [5, 5.41) is 2.70. The van der Waals surface area contributed by atoms with Gasteiger partial charge in [-0.2, -0.15) is 0 Å². The number of rotatable bonds is 2. The lowest BCUT2D eigenvalue weighted by Crippen LogP contribution is -2.33. The van der Waals surface area contributed by atoms with Gasteiger partial charge in [-0.3, -0.25) is 4.79 Å². The molecule has 2 N–H and O–H groups in total. The Morgan fingerprint density at radius 1 is 1.35 bits per heavy atom. The molecule has 0 radical (unpaired) electrons. The van der Waals surface area contributed by atoms with Crippen molar-refractivity contribution in [3.8, 4) is 9.88 Å².